The van der Waals surface area contributed by atoms with Gasteiger partial charge in [-0.05, 0) is 61.7 Å². The number of hydrogen-bond donors (Lipinski definition) is 4. The van der Waals surface area contributed by atoms with Crippen molar-refractivity contribution in [1.29, 1.82) is 0 Å². The number of amides is 2. The van der Waals surface area contributed by atoms with Gasteiger partial charge in [0.2, 0.25) is 0 Å². The summed E-state index contributed by atoms with van der Waals surface area (Å²) in [5, 5.41) is 17.6. The summed E-state index contributed by atoms with van der Waals surface area (Å²) in [5.74, 6) is -5.66. The van der Waals surface area contributed by atoms with Crippen LogP contribution < -0.4 is 5.32 Å². The predicted octanol–water partition coefficient (Wildman–Crippen LogP) is 6.11. The Morgan fingerprint density at radius 3 is 2.04 bits per heavy atom. The van der Waals surface area contributed by atoms with Crippen molar-refractivity contribution in [1.82, 2.24) is 25.1 Å². The number of H-pyrrole nitrogens is 1. The second-order valence-corrected chi connectivity index (χ2v) is 10.7. The molecule has 0 radical (unpaired) electrons. The van der Waals surface area contributed by atoms with Crippen molar-refractivity contribution in [2.75, 3.05) is 27.2 Å². The van der Waals surface area contributed by atoms with Crippen LogP contribution in [0.1, 0.15) is 35.5 Å². The third kappa shape index (κ3) is 11.6. The molecule has 1 atom stereocenters. The number of hydrogen-bond acceptors (Lipinski definition) is 5. The van der Waals surface area contributed by atoms with Crippen molar-refractivity contribution in [2.45, 2.75) is 44.2 Å². The molecule has 18 heteroatoms. The van der Waals surface area contributed by atoms with Crippen LogP contribution in [0.15, 0.2) is 60.8 Å². The Morgan fingerprint density at radius 1 is 0.980 bits per heavy atom. The molecule has 2 amide bonds. The summed E-state index contributed by atoms with van der Waals surface area (Å²) in [5.41, 5.74) is 1.94. The van der Waals surface area contributed by atoms with Gasteiger partial charge >= 0.3 is 30.3 Å². The summed E-state index contributed by atoms with van der Waals surface area (Å²) < 4.78 is 92.2. The van der Waals surface area contributed by atoms with E-state index in [-0.39, 0.29) is 18.1 Å². The second kappa shape index (κ2) is 16.9. The number of carboxylic acid groups (broad SMARTS) is 2. The van der Waals surface area contributed by atoms with E-state index in [1.807, 2.05) is 43.3 Å². The van der Waals surface area contributed by atoms with Gasteiger partial charge in [0.05, 0.1) is 12.1 Å². The maximum atomic E-state index is 14.7. The Bertz CT molecular complexity index is 1590. The third-order valence-corrected chi connectivity index (χ3v) is 6.83. The Balaban J connectivity index is 0.000000500. The molecule has 268 valence electrons. The van der Waals surface area contributed by atoms with Gasteiger partial charge in [-0.15, -0.1) is 0 Å². The zero-order chi connectivity index (χ0) is 37.2. The highest BCUT2D eigenvalue weighted by Crippen LogP contribution is 2.44. The normalized spacial score (nSPS) is 15.7. The highest BCUT2D eigenvalue weighted by molar-refractivity contribution is 5.83. The number of aryl methyl sites for hydroxylation is 1. The van der Waals surface area contributed by atoms with Crippen molar-refractivity contribution >= 4 is 23.5 Å². The monoisotopic (exact) mass is 707 g/mol. The summed E-state index contributed by atoms with van der Waals surface area (Å²) in [6.07, 6.45) is -5.07. The molecule has 1 aliphatic heterocycles. The number of urea groups is 1. The van der Waals surface area contributed by atoms with E-state index in [9.17, 15) is 39.9 Å². The van der Waals surface area contributed by atoms with Crippen molar-refractivity contribution in [2.24, 2.45) is 0 Å². The Labute approximate surface area is 275 Å². The number of aromatic nitrogens is 2. The molecule has 1 unspecified atom stereocenters. The molecular formula is C31H33F8N5O5. The first-order valence-corrected chi connectivity index (χ1v) is 14.2. The fourth-order valence-electron chi connectivity index (χ4n) is 4.67. The molecule has 2 heterocycles. The number of nitrogens with zero attached hydrogens (tertiary/aromatic N) is 3. The van der Waals surface area contributed by atoms with E-state index >= 15 is 0 Å². The fourth-order valence-corrected chi connectivity index (χ4v) is 4.67. The number of carbonyl (C=O) groups is 3. The van der Waals surface area contributed by atoms with E-state index in [4.69, 9.17) is 19.8 Å². The molecule has 0 fully saturated rings. The van der Waals surface area contributed by atoms with Crippen LogP contribution in [0.2, 0.25) is 0 Å². The number of carboxylic acids is 2. The van der Waals surface area contributed by atoms with Gasteiger partial charge in [0.1, 0.15) is 17.5 Å². The van der Waals surface area contributed by atoms with Gasteiger partial charge in [-0.2, -0.15) is 26.3 Å². The standard InChI is InChI=1S/C27H31F2N5O.2C2HF3O2/c1-19-16-31-25(32-19)17-30-13-7-12-27(21-8-5-4-6-9-21)15-20(18-34(27)26(35)33(2)3)23-14-22(28)10-11-24(23)29;2*3-2(4,5)1(6)7/h4-6,8-11,14-16,30H,7,12-13,17-18H2,1-3H3,(H,31,32);2*(H,6,7). The molecule has 10 nitrogen and oxygen atoms in total. The summed E-state index contributed by atoms with van der Waals surface area (Å²) >= 11 is 0. The van der Waals surface area contributed by atoms with Gasteiger partial charge in [0.15, 0.2) is 0 Å². The maximum absolute atomic E-state index is 14.7. The van der Waals surface area contributed by atoms with Crippen LogP contribution in [0.4, 0.5) is 39.9 Å². The molecule has 0 saturated carbocycles. The molecule has 3 aromatic rings. The van der Waals surface area contributed by atoms with Crippen LogP contribution in [0.3, 0.4) is 0 Å². The minimum Gasteiger partial charge on any atom is -0.475 e. The van der Waals surface area contributed by atoms with E-state index in [2.05, 4.69) is 15.3 Å². The molecule has 0 spiro atoms. The maximum Gasteiger partial charge on any atom is 0.490 e. The van der Waals surface area contributed by atoms with Gasteiger partial charge in [-0.3, -0.25) is 0 Å². The van der Waals surface area contributed by atoms with Gasteiger partial charge in [-0.1, -0.05) is 30.3 Å². The average molecular weight is 708 g/mol. The van der Waals surface area contributed by atoms with Gasteiger partial charge in [0.25, 0.3) is 0 Å². The summed E-state index contributed by atoms with van der Waals surface area (Å²) in [6, 6.07) is 13.0. The lowest BCUT2D eigenvalue weighted by molar-refractivity contribution is -0.193. The Kier molecular flexibility index (Phi) is 13.9. The number of aromatic amines is 1. The molecule has 0 saturated heterocycles. The molecule has 0 aliphatic carbocycles. The number of benzene rings is 2. The molecule has 1 aromatic heterocycles. The first-order valence-electron chi connectivity index (χ1n) is 14.2. The quantitative estimate of drug-likeness (QED) is 0.164. The molecule has 1 aliphatic rings. The van der Waals surface area contributed by atoms with Crippen LogP contribution in [-0.4, -0.2) is 87.5 Å². The summed E-state index contributed by atoms with van der Waals surface area (Å²) in [6.45, 7) is 3.46. The Hall–Kier alpha value is -5.00. The van der Waals surface area contributed by atoms with Crippen molar-refractivity contribution < 1.29 is 59.7 Å². The average Bonchev–Trinajstić information content (AvgIpc) is 3.61. The smallest absolute Gasteiger partial charge is 0.475 e. The number of imidazole rings is 1. The number of alkyl halides is 6. The lowest BCUT2D eigenvalue weighted by Crippen LogP contribution is -2.49. The van der Waals surface area contributed by atoms with Crippen molar-refractivity contribution in [3.8, 4) is 0 Å². The molecule has 2 aromatic carbocycles. The number of halogens is 8. The first kappa shape index (κ1) is 40.2. The SMILES string of the molecule is Cc1cnc(CNCCCC2(c3ccccc3)C=C(c3cc(F)ccc3F)CN2C(=O)N(C)C)[nH]1.O=C(O)C(F)(F)F.O=C(O)C(F)(F)F. The number of carbonyl (C=O) groups excluding carboxylic acids is 1. The minimum absolute atomic E-state index is 0.184. The minimum atomic E-state index is -5.08. The largest absolute Gasteiger partial charge is 0.490 e. The fraction of sp³-hybridized carbons (Fsp3) is 0.355. The predicted molar refractivity (Wildman–Crippen MR) is 160 cm³/mol. The topological polar surface area (TPSA) is 139 Å². The van der Waals surface area contributed by atoms with Crippen LogP contribution >= 0.6 is 0 Å². The highest BCUT2D eigenvalue weighted by atomic mass is 19.4. The molecule has 49 heavy (non-hydrogen) atoms. The molecule has 0 bridgehead atoms. The first-order chi connectivity index (χ1) is 22.7. The molecule has 4 N–H and O–H groups in total. The zero-order valence-electron chi connectivity index (χ0n) is 26.3. The van der Waals surface area contributed by atoms with E-state index in [0.717, 1.165) is 35.6 Å². The second-order valence-electron chi connectivity index (χ2n) is 10.7. The Morgan fingerprint density at radius 2 is 1.55 bits per heavy atom. The summed E-state index contributed by atoms with van der Waals surface area (Å²) in [7, 11) is 3.40. The van der Waals surface area contributed by atoms with E-state index in [1.165, 1.54) is 11.0 Å². The molecule has 4 rings (SSSR count). The van der Waals surface area contributed by atoms with E-state index in [0.29, 0.717) is 25.1 Å². The highest BCUT2D eigenvalue weighted by Gasteiger charge is 2.45. The van der Waals surface area contributed by atoms with Crippen molar-refractivity contribution in [3.63, 3.8) is 0 Å². The van der Waals surface area contributed by atoms with Crippen LogP contribution in [0.25, 0.3) is 5.57 Å². The number of rotatable bonds is 8. The van der Waals surface area contributed by atoms with Gasteiger partial charge < -0.3 is 30.3 Å². The lowest BCUT2D eigenvalue weighted by atomic mass is 9.84. The van der Waals surface area contributed by atoms with Crippen LogP contribution in [0, 0.1) is 18.6 Å². The third-order valence-electron chi connectivity index (χ3n) is 6.83. The molecular weight excluding hydrogens is 674 g/mol. The van der Waals surface area contributed by atoms with Crippen LogP contribution in [-0.2, 0) is 21.7 Å². The summed E-state index contributed by atoms with van der Waals surface area (Å²) in [4.78, 5) is 42.0. The van der Waals surface area contributed by atoms with E-state index in [1.54, 1.807) is 25.2 Å². The van der Waals surface area contributed by atoms with E-state index < -0.39 is 41.5 Å². The number of aliphatic carboxylic acids is 2. The van der Waals surface area contributed by atoms with Gasteiger partial charge in [-0.25, -0.2) is 28.1 Å². The number of nitrogens with one attached hydrogen (secondary N) is 2. The van der Waals surface area contributed by atoms with Gasteiger partial charge in [0, 0.05) is 38.1 Å². The van der Waals surface area contributed by atoms with Crippen LogP contribution in [0.5, 0.6) is 0 Å². The van der Waals surface area contributed by atoms with Crippen molar-refractivity contribution in [3.05, 3.63) is 95.1 Å². The lowest BCUT2D eigenvalue weighted by Gasteiger charge is -2.40. The zero-order valence-corrected chi connectivity index (χ0v) is 26.3.